The summed E-state index contributed by atoms with van der Waals surface area (Å²) in [5.41, 5.74) is 3.78. The molecule has 0 spiro atoms. The minimum Gasteiger partial charge on any atom is -0.493 e. The van der Waals surface area contributed by atoms with Crippen LogP contribution < -0.4 is 20.2 Å². The Morgan fingerprint density at radius 2 is 1.79 bits per heavy atom. The van der Waals surface area contributed by atoms with Crippen LogP contribution >= 0.6 is 11.6 Å². The summed E-state index contributed by atoms with van der Waals surface area (Å²) in [7, 11) is 1.51. The molecule has 9 heteroatoms. The third-order valence-corrected chi connectivity index (χ3v) is 5.20. The average Bonchev–Trinajstić information content (AvgIpc) is 2.84. The molecule has 3 rings (SSSR count). The van der Waals surface area contributed by atoms with Gasteiger partial charge >= 0.3 is 0 Å². The molecule has 0 bridgehead atoms. The summed E-state index contributed by atoms with van der Waals surface area (Å²) in [5, 5.41) is 6.88. The second kappa shape index (κ2) is 11.8. The molecule has 0 aliphatic rings. The lowest BCUT2D eigenvalue weighted by molar-refractivity contribution is -0.131. The molecule has 7 nitrogen and oxygen atoms in total. The van der Waals surface area contributed by atoms with E-state index < -0.39 is 23.5 Å². The van der Waals surface area contributed by atoms with Crippen molar-refractivity contribution >= 4 is 35.3 Å². The molecule has 34 heavy (non-hydrogen) atoms. The fourth-order valence-electron chi connectivity index (χ4n) is 2.84. The van der Waals surface area contributed by atoms with Crippen molar-refractivity contribution in [2.75, 3.05) is 12.4 Å². The first-order valence-electron chi connectivity index (χ1n) is 10.3. The van der Waals surface area contributed by atoms with Crippen LogP contribution in [0, 0.1) is 11.7 Å². The summed E-state index contributed by atoms with van der Waals surface area (Å²) in [6.07, 6.45) is 1.40. The number of hydrogen-bond donors (Lipinski definition) is 2. The smallest absolute Gasteiger partial charge is 0.252 e. The lowest BCUT2D eigenvalue weighted by Gasteiger charge is -2.12. The lowest BCUT2D eigenvalue weighted by Crippen LogP contribution is -2.34. The van der Waals surface area contributed by atoms with Crippen LogP contribution in [-0.4, -0.2) is 25.1 Å². The number of hydrogen-bond acceptors (Lipinski definition) is 5. The highest BCUT2D eigenvalue weighted by molar-refractivity contribution is 6.31. The Hall–Kier alpha value is -3.91. The Bertz CT molecular complexity index is 1200. The number of amides is 2. The zero-order valence-corrected chi connectivity index (χ0v) is 19.3. The molecule has 1 unspecified atom stereocenters. The fourth-order valence-corrected chi connectivity index (χ4v) is 3.03. The molecule has 0 saturated carbocycles. The summed E-state index contributed by atoms with van der Waals surface area (Å²) < 4.78 is 24.9. The first kappa shape index (κ1) is 24.7. The Labute approximate surface area is 201 Å². The van der Waals surface area contributed by atoms with Crippen molar-refractivity contribution in [3.05, 3.63) is 88.7 Å². The van der Waals surface area contributed by atoms with E-state index in [1.165, 1.54) is 38.4 Å². The van der Waals surface area contributed by atoms with Crippen molar-refractivity contribution in [2.24, 2.45) is 11.0 Å². The highest BCUT2D eigenvalue weighted by Gasteiger charge is 2.22. The topological polar surface area (TPSA) is 89.0 Å². The number of para-hydroxylation sites is 1. The SMILES string of the molecule is COc1cc(C=NNC(=O)C(C)C(=O)Nc2ccccc2F)ccc1OCc1ccccc1Cl. The molecule has 0 radical (unpaired) electrons. The van der Waals surface area contributed by atoms with Gasteiger partial charge in [-0.25, -0.2) is 9.82 Å². The molecule has 2 amide bonds. The molecule has 176 valence electrons. The standard InChI is InChI=1S/C25H23ClFN3O4/c1-16(24(31)29-21-10-6-5-9-20(21)27)25(32)30-28-14-17-11-12-22(23(13-17)33-2)34-15-18-7-3-4-8-19(18)26/h3-14,16H,15H2,1-2H3,(H,29,31)(H,30,32). The maximum atomic E-state index is 13.7. The number of methoxy groups -OCH3 is 1. The highest BCUT2D eigenvalue weighted by atomic mass is 35.5. The van der Waals surface area contributed by atoms with E-state index in [1.54, 1.807) is 30.3 Å². The number of benzene rings is 3. The first-order valence-corrected chi connectivity index (χ1v) is 10.7. The molecule has 0 aliphatic carbocycles. The van der Waals surface area contributed by atoms with Gasteiger partial charge in [0.15, 0.2) is 11.5 Å². The van der Waals surface area contributed by atoms with Crippen molar-refractivity contribution < 1.29 is 23.5 Å². The fraction of sp³-hybridized carbons (Fsp3) is 0.160. The van der Waals surface area contributed by atoms with Crippen molar-refractivity contribution in [1.82, 2.24) is 5.43 Å². The van der Waals surface area contributed by atoms with Crippen LogP contribution in [0.1, 0.15) is 18.1 Å². The molecule has 0 saturated heterocycles. The van der Waals surface area contributed by atoms with Gasteiger partial charge in [-0.1, -0.05) is 41.9 Å². The van der Waals surface area contributed by atoms with E-state index in [0.717, 1.165) is 5.56 Å². The van der Waals surface area contributed by atoms with Crippen LogP contribution in [0.4, 0.5) is 10.1 Å². The maximum Gasteiger partial charge on any atom is 0.252 e. The van der Waals surface area contributed by atoms with E-state index in [2.05, 4.69) is 15.8 Å². The second-order valence-electron chi connectivity index (χ2n) is 7.22. The number of rotatable bonds is 9. The van der Waals surface area contributed by atoms with Gasteiger partial charge in [0.2, 0.25) is 5.91 Å². The van der Waals surface area contributed by atoms with Crippen molar-refractivity contribution in [3.8, 4) is 11.5 Å². The molecule has 0 aliphatic heterocycles. The van der Waals surface area contributed by atoms with Crippen LogP contribution in [0.3, 0.4) is 0 Å². The Kier molecular flexibility index (Phi) is 8.59. The quantitative estimate of drug-likeness (QED) is 0.260. The number of halogens is 2. The molecule has 3 aromatic carbocycles. The van der Waals surface area contributed by atoms with Crippen molar-refractivity contribution in [2.45, 2.75) is 13.5 Å². The maximum absolute atomic E-state index is 13.7. The molecule has 0 aromatic heterocycles. The minimum absolute atomic E-state index is 0.000379. The predicted octanol–water partition coefficient (Wildman–Crippen LogP) is 4.79. The Morgan fingerprint density at radius 1 is 1.06 bits per heavy atom. The van der Waals surface area contributed by atoms with Gasteiger partial charge < -0.3 is 14.8 Å². The van der Waals surface area contributed by atoms with Gasteiger partial charge in [-0.05, 0) is 48.9 Å². The molecular weight excluding hydrogens is 461 g/mol. The number of nitrogens with one attached hydrogen (secondary N) is 2. The zero-order valence-electron chi connectivity index (χ0n) is 18.5. The average molecular weight is 484 g/mol. The number of carbonyl (C=O) groups excluding carboxylic acids is 2. The van der Waals surface area contributed by atoms with Crippen molar-refractivity contribution in [3.63, 3.8) is 0 Å². The third-order valence-electron chi connectivity index (χ3n) is 4.84. The minimum atomic E-state index is -1.09. The zero-order chi connectivity index (χ0) is 24.5. The van der Waals surface area contributed by atoms with Crippen LogP contribution in [0.15, 0.2) is 71.8 Å². The van der Waals surface area contributed by atoms with Crippen LogP contribution in [0.5, 0.6) is 11.5 Å². The molecule has 2 N–H and O–H groups in total. The Morgan fingerprint density at radius 3 is 2.53 bits per heavy atom. The van der Waals surface area contributed by atoms with Gasteiger partial charge in [0.1, 0.15) is 18.3 Å². The number of nitrogens with zero attached hydrogens (tertiary/aromatic N) is 1. The van der Waals surface area contributed by atoms with E-state index >= 15 is 0 Å². The van der Waals surface area contributed by atoms with Gasteiger partial charge in [-0.2, -0.15) is 5.10 Å². The number of anilines is 1. The second-order valence-corrected chi connectivity index (χ2v) is 7.62. The van der Waals surface area contributed by atoms with Crippen molar-refractivity contribution in [1.29, 1.82) is 0 Å². The van der Waals surface area contributed by atoms with E-state index in [0.29, 0.717) is 22.1 Å². The summed E-state index contributed by atoms with van der Waals surface area (Å²) >= 11 is 6.16. The van der Waals surface area contributed by atoms with Gasteiger partial charge in [0.25, 0.3) is 5.91 Å². The van der Waals surface area contributed by atoms with E-state index in [-0.39, 0.29) is 12.3 Å². The summed E-state index contributed by atoms with van der Waals surface area (Å²) in [5.74, 6) is -1.99. The summed E-state index contributed by atoms with van der Waals surface area (Å²) in [6.45, 7) is 1.67. The van der Waals surface area contributed by atoms with Gasteiger partial charge in [0.05, 0.1) is 19.0 Å². The van der Waals surface area contributed by atoms with E-state index in [1.807, 2.05) is 18.2 Å². The molecule has 0 heterocycles. The molecule has 3 aromatic rings. The highest BCUT2D eigenvalue weighted by Crippen LogP contribution is 2.29. The van der Waals surface area contributed by atoms with E-state index in [4.69, 9.17) is 21.1 Å². The number of carbonyl (C=O) groups is 2. The predicted molar refractivity (Wildman–Crippen MR) is 129 cm³/mol. The molecular formula is C25H23ClFN3O4. The summed E-state index contributed by atoms with van der Waals surface area (Å²) in [6, 6.07) is 18.2. The van der Waals surface area contributed by atoms with Gasteiger partial charge in [-0.3, -0.25) is 9.59 Å². The molecule has 0 fully saturated rings. The normalized spacial score (nSPS) is 11.6. The first-order chi connectivity index (χ1) is 16.4. The summed E-state index contributed by atoms with van der Waals surface area (Å²) in [4.78, 5) is 24.5. The number of hydrazone groups is 1. The monoisotopic (exact) mass is 483 g/mol. The molecule has 1 atom stereocenters. The van der Waals surface area contributed by atoms with Crippen LogP contribution in [0.2, 0.25) is 5.02 Å². The van der Waals surface area contributed by atoms with Crippen LogP contribution in [-0.2, 0) is 16.2 Å². The lowest BCUT2D eigenvalue weighted by atomic mass is 10.1. The van der Waals surface area contributed by atoms with E-state index in [9.17, 15) is 14.0 Å². The van der Waals surface area contributed by atoms with Crippen LogP contribution in [0.25, 0.3) is 0 Å². The third kappa shape index (κ3) is 6.55. The van der Waals surface area contributed by atoms with Gasteiger partial charge in [-0.15, -0.1) is 0 Å². The number of ether oxygens (including phenoxy) is 2. The largest absolute Gasteiger partial charge is 0.493 e. The Balaban J connectivity index is 1.57. The van der Waals surface area contributed by atoms with Gasteiger partial charge in [0, 0.05) is 10.6 Å².